The first kappa shape index (κ1) is 20.7. The van der Waals surface area contributed by atoms with Gasteiger partial charge in [0.05, 0.1) is 15.8 Å². The summed E-state index contributed by atoms with van der Waals surface area (Å²) in [6, 6.07) is 21.9. The van der Waals surface area contributed by atoms with E-state index in [1.807, 2.05) is 6.07 Å². The minimum Gasteiger partial charge on any atom is -0.325 e. The quantitative estimate of drug-likeness (QED) is 0.369. The van der Waals surface area contributed by atoms with Crippen LogP contribution in [0.5, 0.6) is 0 Å². The number of non-ortho nitro benzene ring substituents is 1. The van der Waals surface area contributed by atoms with Crippen LogP contribution in [0.2, 0.25) is 0 Å². The number of anilines is 1. The molecule has 3 aromatic carbocycles. The molecule has 0 saturated heterocycles. The molecule has 1 amide bonds. The molecular weight excluding hydrogens is 408 g/mol. The molecule has 0 spiro atoms. The third-order valence-corrected chi connectivity index (χ3v) is 4.78. The zero-order valence-corrected chi connectivity index (χ0v) is 16.8. The van der Waals surface area contributed by atoms with Crippen molar-refractivity contribution in [2.24, 2.45) is 0 Å². The van der Waals surface area contributed by atoms with E-state index in [9.17, 15) is 19.7 Å². The Hall–Kier alpha value is -4.59. The lowest BCUT2D eigenvalue weighted by Gasteiger charge is -2.12. The maximum absolute atomic E-state index is 13.1. The van der Waals surface area contributed by atoms with Crippen LogP contribution in [0.3, 0.4) is 0 Å². The summed E-state index contributed by atoms with van der Waals surface area (Å²) in [5.41, 5.74) is 1.49. The van der Waals surface area contributed by atoms with Crippen molar-refractivity contribution in [3.63, 3.8) is 0 Å². The van der Waals surface area contributed by atoms with Crippen molar-refractivity contribution in [1.29, 1.82) is 0 Å². The lowest BCUT2D eigenvalue weighted by Crippen LogP contribution is -2.30. The summed E-state index contributed by atoms with van der Waals surface area (Å²) >= 11 is 0. The predicted octanol–water partition coefficient (Wildman–Crippen LogP) is 4.11. The van der Waals surface area contributed by atoms with Gasteiger partial charge in [-0.1, -0.05) is 36.4 Å². The zero-order chi connectivity index (χ0) is 22.5. The van der Waals surface area contributed by atoms with Gasteiger partial charge in [0.2, 0.25) is 5.91 Å². The molecule has 0 aliphatic carbocycles. The summed E-state index contributed by atoms with van der Waals surface area (Å²) < 4.78 is 1.31. The third kappa shape index (κ3) is 4.59. The van der Waals surface area contributed by atoms with E-state index in [2.05, 4.69) is 10.3 Å². The first-order valence-electron chi connectivity index (χ1n) is 9.78. The van der Waals surface area contributed by atoms with Crippen LogP contribution in [0.4, 0.5) is 11.4 Å². The van der Waals surface area contributed by atoms with E-state index >= 15 is 0 Å². The van der Waals surface area contributed by atoms with Crippen molar-refractivity contribution in [1.82, 2.24) is 9.55 Å². The van der Waals surface area contributed by atoms with Crippen molar-refractivity contribution in [3.8, 4) is 0 Å². The number of hydrogen-bond donors (Lipinski definition) is 1. The number of para-hydroxylation sites is 2. The Labute approximate surface area is 182 Å². The number of nitro groups is 1. The SMILES string of the molecule is O=C(Cn1c(/C=C/c2ccc([N+](=O)[O-])cc2)nc2ccccc2c1=O)Nc1ccccc1. The second-order valence-corrected chi connectivity index (χ2v) is 6.97. The molecule has 0 saturated carbocycles. The number of rotatable bonds is 6. The van der Waals surface area contributed by atoms with Crippen molar-refractivity contribution >= 4 is 40.3 Å². The average Bonchev–Trinajstić information content (AvgIpc) is 2.80. The standard InChI is InChI=1S/C24H18N4O4/c29-23(25-18-6-2-1-3-7-18)16-27-22(26-21-9-5-4-8-20(21)24(27)30)15-12-17-10-13-19(14-11-17)28(31)32/h1-15H,16H2,(H,25,29)/b15-12+. The predicted molar refractivity (Wildman–Crippen MR) is 123 cm³/mol. The Balaban J connectivity index is 1.69. The highest BCUT2D eigenvalue weighted by Gasteiger charge is 2.13. The Morgan fingerprint density at radius 3 is 2.38 bits per heavy atom. The molecule has 8 nitrogen and oxygen atoms in total. The number of nitrogens with one attached hydrogen (secondary N) is 1. The lowest BCUT2D eigenvalue weighted by molar-refractivity contribution is -0.384. The molecule has 0 fully saturated rings. The Bertz CT molecular complexity index is 1380. The van der Waals surface area contributed by atoms with Crippen LogP contribution in [-0.2, 0) is 11.3 Å². The van der Waals surface area contributed by atoms with Gasteiger partial charge < -0.3 is 5.32 Å². The molecule has 0 aliphatic heterocycles. The fourth-order valence-corrected chi connectivity index (χ4v) is 3.21. The number of carbonyl (C=O) groups is 1. The third-order valence-electron chi connectivity index (χ3n) is 4.78. The fraction of sp³-hybridized carbons (Fsp3) is 0.0417. The second kappa shape index (κ2) is 9.05. The van der Waals surface area contributed by atoms with E-state index in [4.69, 9.17) is 0 Å². The van der Waals surface area contributed by atoms with Gasteiger partial charge in [-0.3, -0.25) is 24.3 Å². The molecule has 1 heterocycles. The maximum Gasteiger partial charge on any atom is 0.269 e. The summed E-state index contributed by atoms with van der Waals surface area (Å²) in [5, 5.41) is 14.0. The van der Waals surface area contributed by atoms with E-state index < -0.39 is 4.92 Å². The van der Waals surface area contributed by atoms with Gasteiger partial charge in [-0.2, -0.15) is 0 Å². The van der Waals surface area contributed by atoms with Gasteiger partial charge in [0.15, 0.2) is 0 Å². The van der Waals surface area contributed by atoms with Crippen molar-refractivity contribution in [2.75, 3.05) is 5.32 Å². The first-order valence-corrected chi connectivity index (χ1v) is 9.78. The molecule has 4 aromatic rings. The van der Waals surface area contributed by atoms with E-state index in [-0.39, 0.29) is 23.7 Å². The van der Waals surface area contributed by atoms with Crippen molar-refractivity contribution < 1.29 is 9.72 Å². The number of amides is 1. The highest BCUT2D eigenvalue weighted by Crippen LogP contribution is 2.15. The lowest BCUT2D eigenvalue weighted by atomic mass is 10.2. The molecule has 1 N–H and O–H groups in total. The van der Waals surface area contributed by atoms with Crippen molar-refractivity contribution in [3.05, 3.63) is 111 Å². The average molecular weight is 426 g/mol. The summed E-state index contributed by atoms with van der Waals surface area (Å²) in [6.07, 6.45) is 3.30. The van der Waals surface area contributed by atoms with Gasteiger partial charge in [-0.05, 0) is 48.0 Å². The summed E-state index contributed by atoms with van der Waals surface area (Å²) in [6.45, 7) is -0.217. The first-order chi connectivity index (χ1) is 15.5. The van der Waals surface area contributed by atoms with Gasteiger partial charge in [0.25, 0.3) is 11.2 Å². The van der Waals surface area contributed by atoms with Gasteiger partial charge in [-0.15, -0.1) is 0 Å². The minimum atomic E-state index is -0.471. The molecule has 0 unspecified atom stereocenters. The van der Waals surface area contributed by atoms with Crippen molar-refractivity contribution in [2.45, 2.75) is 6.54 Å². The van der Waals surface area contributed by atoms with E-state index in [0.717, 1.165) is 0 Å². The van der Waals surface area contributed by atoms with E-state index in [0.29, 0.717) is 28.0 Å². The monoisotopic (exact) mass is 426 g/mol. The molecule has 0 aliphatic rings. The van der Waals surface area contributed by atoms with Crippen LogP contribution in [0.15, 0.2) is 83.7 Å². The van der Waals surface area contributed by atoms with Crippen LogP contribution in [-0.4, -0.2) is 20.4 Å². The van der Waals surface area contributed by atoms with E-state index in [1.165, 1.54) is 16.7 Å². The topological polar surface area (TPSA) is 107 Å². The molecule has 158 valence electrons. The summed E-state index contributed by atoms with van der Waals surface area (Å²) in [7, 11) is 0. The van der Waals surface area contributed by atoms with Crippen LogP contribution < -0.4 is 10.9 Å². The Kier molecular flexibility index (Phi) is 5.85. The highest BCUT2D eigenvalue weighted by molar-refractivity contribution is 5.91. The Morgan fingerprint density at radius 2 is 1.66 bits per heavy atom. The number of fused-ring (bicyclic) bond motifs is 1. The van der Waals surface area contributed by atoms with Crippen LogP contribution in [0, 0.1) is 10.1 Å². The molecule has 0 radical (unpaired) electrons. The number of hydrogen-bond acceptors (Lipinski definition) is 5. The van der Waals surface area contributed by atoms with Gasteiger partial charge in [-0.25, -0.2) is 4.98 Å². The van der Waals surface area contributed by atoms with E-state index in [1.54, 1.807) is 72.8 Å². The molecule has 0 bridgehead atoms. The molecule has 32 heavy (non-hydrogen) atoms. The molecule has 1 aromatic heterocycles. The van der Waals surface area contributed by atoms with Crippen LogP contribution in [0.25, 0.3) is 23.1 Å². The van der Waals surface area contributed by atoms with Gasteiger partial charge in [0, 0.05) is 17.8 Å². The molecule has 8 heteroatoms. The number of carbonyl (C=O) groups excluding carboxylic acids is 1. The maximum atomic E-state index is 13.1. The van der Waals surface area contributed by atoms with Gasteiger partial charge in [0.1, 0.15) is 12.4 Å². The minimum absolute atomic E-state index is 0.0135. The summed E-state index contributed by atoms with van der Waals surface area (Å²) in [4.78, 5) is 40.6. The zero-order valence-electron chi connectivity index (χ0n) is 16.8. The number of nitro benzene ring substituents is 1. The molecule has 4 rings (SSSR count). The fourth-order valence-electron chi connectivity index (χ4n) is 3.21. The molecular formula is C24H18N4O4. The molecule has 0 atom stereocenters. The summed E-state index contributed by atoms with van der Waals surface area (Å²) in [5.74, 6) is -0.0596. The van der Waals surface area contributed by atoms with Gasteiger partial charge >= 0.3 is 0 Å². The normalized spacial score (nSPS) is 11.0. The number of nitrogens with zero attached hydrogens (tertiary/aromatic N) is 3. The number of aromatic nitrogens is 2. The van der Waals surface area contributed by atoms with Crippen LogP contribution >= 0.6 is 0 Å². The Morgan fingerprint density at radius 1 is 0.969 bits per heavy atom. The second-order valence-electron chi connectivity index (χ2n) is 6.97. The highest BCUT2D eigenvalue weighted by atomic mass is 16.6. The smallest absolute Gasteiger partial charge is 0.269 e. The number of benzene rings is 3. The largest absolute Gasteiger partial charge is 0.325 e. The van der Waals surface area contributed by atoms with Crippen LogP contribution in [0.1, 0.15) is 11.4 Å².